The highest BCUT2D eigenvalue weighted by molar-refractivity contribution is 7.16. The Balaban J connectivity index is 2.38. The van der Waals surface area contributed by atoms with E-state index in [1.54, 1.807) is 11.3 Å². The van der Waals surface area contributed by atoms with E-state index in [2.05, 4.69) is 6.07 Å². The van der Waals surface area contributed by atoms with Gasteiger partial charge in [0.1, 0.15) is 11.1 Å². The van der Waals surface area contributed by atoms with Crippen LogP contribution in [-0.4, -0.2) is 0 Å². The van der Waals surface area contributed by atoms with Crippen LogP contribution in [0.4, 0.5) is 5.00 Å². The molecule has 1 heterocycles. The Morgan fingerprint density at radius 3 is 2.82 bits per heavy atom. The van der Waals surface area contributed by atoms with E-state index in [1.807, 2.05) is 6.07 Å². The average Bonchev–Trinajstić information content (AvgIpc) is 2.76. The second-order valence-corrected chi connectivity index (χ2v) is 3.93. The van der Waals surface area contributed by atoms with Crippen molar-refractivity contribution in [3.8, 4) is 6.07 Å². The maximum Gasteiger partial charge on any atom is 0.104 e. The molecule has 0 atom stereocenters. The van der Waals surface area contributed by atoms with Gasteiger partial charge in [0.25, 0.3) is 0 Å². The fraction of sp³-hybridized carbons (Fsp3) is 0.375. The molecule has 1 aromatic rings. The van der Waals surface area contributed by atoms with Crippen molar-refractivity contribution in [2.24, 2.45) is 0 Å². The number of hydrogen-bond donors (Lipinski definition) is 1. The molecule has 0 unspecified atom stereocenters. The molecule has 2 nitrogen and oxygen atoms in total. The molecule has 1 saturated carbocycles. The number of nitrogens with zero attached hydrogens (tertiary/aromatic N) is 1. The smallest absolute Gasteiger partial charge is 0.104 e. The van der Waals surface area contributed by atoms with Crippen LogP contribution in [0.3, 0.4) is 0 Å². The summed E-state index contributed by atoms with van der Waals surface area (Å²) in [6.07, 6.45) is 2.54. The minimum Gasteiger partial charge on any atom is -0.389 e. The molecule has 0 bridgehead atoms. The quantitative estimate of drug-likeness (QED) is 0.690. The molecule has 3 heteroatoms. The highest BCUT2D eigenvalue weighted by Crippen LogP contribution is 2.44. The van der Waals surface area contributed by atoms with Crippen molar-refractivity contribution in [3.63, 3.8) is 0 Å². The van der Waals surface area contributed by atoms with E-state index in [0.29, 0.717) is 16.5 Å². The molecular weight excluding hydrogens is 156 g/mol. The van der Waals surface area contributed by atoms with Gasteiger partial charge in [0.15, 0.2) is 0 Å². The molecule has 11 heavy (non-hydrogen) atoms. The van der Waals surface area contributed by atoms with E-state index in [9.17, 15) is 0 Å². The fourth-order valence-electron chi connectivity index (χ4n) is 1.08. The lowest BCUT2D eigenvalue weighted by molar-refractivity contribution is 1.18. The number of nitriles is 1. The molecule has 0 aromatic carbocycles. The number of nitrogens with two attached hydrogens (primary N) is 1. The zero-order valence-corrected chi connectivity index (χ0v) is 6.82. The Hall–Kier alpha value is -1.01. The highest BCUT2D eigenvalue weighted by atomic mass is 32.1. The van der Waals surface area contributed by atoms with Crippen molar-refractivity contribution in [2.45, 2.75) is 18.8 Å². The molecule has 1 aliphatic rings. The zero-order valence-electron chi connectivity index (χ0n) is 6.00. The molecule has 0 amide bonds. The van der Waals surface area contributed by atoms with Crippen LogP contribution in [0.15, 0.2) is 6.07 Å². The van der Waals surface area contributed by atoms with Crippen molar-refractivity contribution < 1.29 is 0 Å². The first-order chi connectivity index (χ1) is 5.31. The molecule has 0 radical (unpaired) electrons. The van der Waals surface area contributed by atoms with Crippen molar-refractivity contribution in [3.05, 3.63) is 16.5 Å². The summed E-state index contributed by atoms with van der Waals surface area (Å²) >= 11 is 1.56. The number of hydrogen-bond acceptors (Lipinski definition) is 3. The predicted molar refractivity (Wildman–Crippen MR) is 45.4 cm³/mol. The molecule has 1 fully saturated rings. The van der Waals surface area contributed by atoms with E-state index >= 15 is 0 Å². The Morgan fingerprint density at radius 1 is 1.64 bits per heavy atom. The van der Waals surface area contributed by atoms with Gasteiger partial charge in [0.2, 0.25) is 0 Å². The van der Waals surface area contributed by atoms with Gasteiger partial charge in [0, 0.05) is 4.88 Å². The van der Waals surface area contributed by atoms with E-state index in [4.69, 9.17) is 11.0 Å². The number of thiophene rings is 1. The molecule has 0 aliphatic heterocycles. The molecule has 56 valence electrons. The van der Waals surface area contributed by atoms with Gasteiger partial charge in [-0.15, -0.1) is 11.3 Å². The van der Waals surface area contributed by atoms with Crippen molar-refractivity contribution >= 4 is 16.3 Å². The van der Waals surface area contributed by atoms with Gasteiger partial charge < -0.3 is 5.73 Å². The first kappa shape index (κ1) is 6.68. The summed E-state index contributed by atoms with van der Waals surface area (Å²) in [5.41, 5.74) is 6.26. The van der Waals surface area contributed by atoms with Gasteiger partial charge in [-0.25, -0.2) is 0 Å². The van der Waals surface area contributed by atoms with Gasteiger partial charge in [-0.1, -0.05) is 0 Å². The summed E-state index contributed by atoms with van der Waals surface area (Å²) < 4.78 is 0. The summed E-state index contributed by atoms with van der Waals surface area (Å²) in [6.45, 7) is 0. The number of anilines is 1. The molecular formula is C8H8N2S. The maximum atomic E-state index is 8.61. The SMILES string of the molecule is N#Cc1cc(C2CC2)sc1N. The number of rotatable bonds is 1. The minimum absolute atomic E-state index is 0.650. The standard InChI is InChI=1S/C8H8N2S/c9-4-6-3-7(5-1-2-5)11-8(6)10/h3,5H,1-2,10H2. The average molecular weight is 164 g/mol. The fourth-order valence-corrected chi connectivity index (χ4v) is 2.13. The number of nitrogen functional groups attached to an aromatic ring is 1. The molecule has 2 rings (SSSR count). The van der Waals surface area contributed by atoms with Crippen LogP contribution in [0.2, 0.25) is 0 Å². The third kappa shape index (κ3) is 1.10. The normalized spacial score (nSPS) is 16.3. The van der Waals surface area contributed by atoms with Crippen LogP contribution in [0.5, 0.6) is 0 Å². The second-order valence-electron chi connectivity index (χ2n) is 2.81. The summed E-state index contributed by atoms with van der Waals surface area (Å²) in [7, 11) is 0. The van der Waals surface area contributed by atoms with Crippen LogP contribution in [0.25, 0.3) is 0 Å². The predicted octanol–water partition coefficient (Wildman–Crippen LogP) is 2.08. The zero-order chi connectivity index (χ0) is 7.84. The van der Waals surface area contributed by atoms with Crippen LogP contribution in [0.1, 0.15) is 29.2 Å². The van der Waals surface area contributed by atoms with Crippen LogP contribution in [0, 0.1) is 11.3 Å². The first-order valence-corrected chi connectivity index (χ1v) is 4.42. The lowest BCUT2D eigenvalue weighted by atomic mass is 10.2. The Kier molecular flexibility index (Phi) is 1.36. The molecule has 2 N–H and O–H groups in total. The molecule has 1 aromatic heterocycles. The monoisotopic (exact) mass is 164 g/mol. The summed E-state index contributed by atoms with van der Waals surface area (Å²) in [4.78, 5) is 1.29. The molecule has 0 saturated heterocycles. The van der Waals surface area contributed by atoms with E-state index in [0.717, 1.165) is 0 Å². The van der Waals surface area contributed by atoms with E-state index < -0.39 is 0 Å². The Bertz CT molecular complexity index is 317. The third-order valence-corrected chi connectivity index (χ3v) is 3.01. The molecule has 0 spiro atoms. The van der Waals surface area contributed by atoms with Crippen LogP contribution in [-0.2, 0) is 0 Å². The van der Waals surface area contributed by atoms with Crippen molar-refractivity contribution in [2.75, 3.05) is 5.73 Å². The maximum absolute atomic E-state index is 8.61. The summed E-state index contributed by atoms with van der Waals surface area (Å²) in [5.74, 6) is 0.712. The van der Waals surface area contributed by atoms with E-state index in [1.165, 1.54) is 17.7 Å². The first-order valence-electron chi connectivity index (χ1n) is 3.60. The largest absolute Gasteiger partial charge is 0.389 e. The third-order valence-electron chi connectivity index (χ3n) is 1.88. The summed E-state index contributed by atoms with van der Waals surface area (Å²) in [6, 6.07) is 4.01. The van der Waals surface area contributed by atoms with Gasteiger partial charge in [-0.05, 0) is 24.8 Å². The lowest BCUT2D eigenvalue weighted by Gasteiger charge is -1.83. The Morgan fingerprint density at radius 2 is 2.36 bits per heavy atom. The van der Waals surface area contributed by atoms with Crippen LogP contribution >= 0.6 is 11.3 Å². The van der Waals surface area contributed by atoms with Gasteiger partial charge >= 0.3 is 0 Å². The van der Waals surface area contributed by atoms with E-state index in [-0.39, 0.29) is 0 Å². The summed E-state index contributed by atoms with van der Waals surface area (Å²) in [5, 5.41) is 9.29. The lowest BCUT2D eigenvalue weighted by Crippen LogP contribution is -1.80. The van der Waals surface area contributed by atoms with Crippen molar-refractivity contribution in [1.82, 2.24) is 0 Å². The Labute approximate surface area is 69.3 Å². The topological polar surface area (TPSA) is 49.8 Å². The highest BCUT2D eigenvalue weighted by Gasteiger charge is 2.26. The van der Waals surface area contributed by atoms with Crippen LogP contribution < -0.4 is 5.73 Å². The second kappa shape index (κ2) is 2.24. The van der Waals surface area contributed by atoms with Gasteiger partial charge in [-0.2, -0.15) is 5.26 Å². The van der Waals surface area contributed by atoms with Crippen molar-refractivity contribution in [1.29, 1.82) is 5.26 Å². The van der Waals surface area contributed by atoms with Gasteiger partial charge in [-0.3, -0.25) is 0 Å². The molecule has 1 aliphatic carbocycles. The van der Waals surface area contributed by atoms with Gasteiger partial charge in [0.05, 0.1) is 5.56 Å². The minimum atomic E-state index is 0.650.